The standard InChI is InChI=1S/C21H23FN2O3S/c22-16-9-7-15(8-10-16)13-28-14-20(25)24-19-6-2-1-5-18(19)21(26)23-12-17-4-3-11-27-17/h1-2,5-10,17H,3-4,11-14H2,(H,23,26)(H,24,25). The third-order valence-electron chi connectivity index (χ3n) is 4.38. The van der Waals surface area contributed by atoms with E-state index in [9.17, 15) is 14.0 Å². The lowest BCUT2D eigenvalue weighted by molar-refractivity contribution is -0.113. The predicted molar refractivity (Wildman–Crippen MR) is 109 cm³/mol. The molecule has 0 bridgehead atoms. The van der Waals surface area contributed by atoms with Gasteiger partial charge >= 0.3 is 0 Å². The molecule has 2 N–H and O–H groups in total. The Hall–Kier alpha value is -2.38. The summed E-state index contributed by atoms with van der Waals surface area (Å²) in [4.78, 5) is 24.7. The van der Waals surface area contributed by atoms with E-state index in [1.54, 1.807) is 36.4 Å². The van der Waals surface area contributed by atoms with E-state index >= 15 is 0 Å². The average molecular weight is 402 g/mol. The Morgan fingerprint density at radius 3 is 2.68 bits per heavy atom. The molecule has 2 amide bonds. The van der Waals surface area contributed by atoms with Crippen LogP contribution in [0.3, 0.4) is 0 Å². The molecule has 5 nitrogen and oxygen atoms in total. The summed E-state index contributed by atoms with van der Waals surface area (Å²) in [6.45, 7) is 1.21. The quantitative estimate of drug-likeness (QED) is 0.708. The first kappa shape index (κ1) is 20.4. The number of para-hydroxylation sites is 1. The van der Waals surface area contributed by atoms with E-state index in [1.807, 2.05) is 0 Å². The normalized spacial score (nSPS) is 16.0. The number of ether oxygens (including phenoxy) is 1. The number of amides is 2. The maximum absolute atomic E-state index is 12.9. The van der Waals surface area contributed by atoms with E-state index in [0.717, 1.165) is 25.0 Å². The van der Waals surface area contributed by atoms with Gasteiger partial charge in [-0.3, -0.25) is 9.59 Å². The van der Waals surface area contributed by atoms with Gasteiger partial charge < -0.3 is 15.4 Å². The van der Waals surface area contributed by atoms with E-state index in [0.29, 0.717) is 23.5 Å². The van der Waals surface area contributed by atoms with Crippen LogP contribution in [0.1, 0.15) is 28.8 Å². The van der Waals surface area contributed by atoms with Gasteiger partial charge in [0.05, 0.1) is 23.1 Å². The van der Waals surface area contributed by atoms with Gasteiger partial charge in [-0.15, -0.1) is 11.8 Å². The van der Waals surface area contributed by atoms with Gasteiger partial charge in [0.25, 0.3) is 5.91 Å². The molecule has 0 radical (unpaired) electrons. The second kappa shape index (κ2) is 10.2. The minimum atomic E-state index is -0.277. The highest BCUT2D eigenvalue weighted by molar-refractivity contribution is 7.99. The Kier molecular flexibility index (Phi) is 7.45. The molecule has 148 valence electrons. The fraction of sp³-hybridized carbons (Fsp3) is 0.333. The molecule has 1 atom stereocenters. The van der Waals surface area contributed by atoms with Gasteiger partial charge in [-0.05, 0) is 42.7 Å². The number of carbonyl (C=O) groups is 2. The van der Waals surface area contributed by atoms with Crippen molar-refractivity contribution in [2.75, 3.05) is 24.2 Å². The molecule has 7 heteroatoms. The zero-order valence-corrected chi connectivity index (χ0v) is 16.3. The fourth-order valence-electron chi connectivity index (χ4n) is 2.93. The van der Waals surface area contributed by atoms with E-state index in [4.69, 9.17) is 4.74 Å². The number of rotatable bonds is 8. The van der Waals surface area contributed by atoms with Crippen LogP contribution in [-0.2, 0) is 15.3 Å². The number of carbonyl (C=O) groups excluding carboxylic acids is 2. The Balaban J connectivity index is 1.49. The van der Waals surface area contributed by atoms with Crippen LogP contribution in [-0.4, -0.2) is 36.8 Å². The maximum atomic E-state index is 12.9. The zero-order chi connectivity index (χ0) is 19.8. The van der Waals surface area contributed by atoms with Crippen molar-refractivity contribution in [3.63, 3.8) is 0 Å². The number of hydrogen-bond acceptors (Lipinski definition) is 4. The van der Waals surface area contributed by atoms with Crippen molar-refractivity contribution in [3.05, 3.63) is 65.5 Å². The monoisotopic (exact) mass is 402 g/mol. The number of benzene rings is 2. The topological polar surface area (TPSA) is 67.4 Å². The molecule has 2 aromatic rings. The SMILES string of the molecule is O=C(CSCc1ccc(F)cc1)Nc1ccccc1C(=O)NCC1CCCO1. The summed E-state index contributed by atoms with van der Waals surface area (Å²) in [6, 6.07) is 13.2. The van der Waals surface area contributed by atoms with Crippen molar-refractivity contribution >= 4 is 29.3 Å². The van der Waals surface area contributed by atoms with Crippen LogP contribution in [0.15, 0.2) is 48.5 Å². The molecule has 3 rings (SSSR count). The van der Waals surface area contributed by atoms with E-state index in [-0.39, 0.29) is 29.5 Å². The van der Waals surface area contributed by atoms with Gasteiger partial charge in [-0.1, -0.05) is 24.3 Å². The molecule has 0 aromatic heterocycles. The summed E-state index contributed by atoms with van der Waals surface area (Å²) >= 11 is 1.43. The largest absolute Gasteiger partial charge is 0.376 e. The second-order valence-corrected chi connectivity index (χ2v) is 7.54. The van der Waals surface area contributed by atoms with E-state index in [1.165, 1.54) is 23.9 Å². The van der Waals surface area contributed by atoms with Crippen molar-refractivity contribution in [2.24, 2.45) is 0 Å². The lowest BCUT2D eigenvalue weighted by Crippen LogP contribution is -2.32. The van der Waals surface area contributed by atoms with Gasteiger partial charge in [0.1, 0.15) is 5.82 Å². The molecule has 1 aliphatic heterocycles. The summed E-state index contributed by atoms with van der Waals surface area (Å²) in [6.07, 6.45) is 2.03. The highest BCUT2D eigenvalue weighted by Crippen LogP contribution is 2.18. The van der Waals surface area contributed by atoms with Crippen molar-refractivity contribution in [1.82, 2.24) is 5.32 Å². The smallest absolute Gasteiger partial charge is 0.253 e. The second-order valence-electron chi connectivity index (χ2n) is 6.56. The third-order valence-corrected chi connectivity index (χ3v) is 5.38. The molecule has 1 heterocycles. The summed E-state index contributed by atoms with van der Waals surface area (Å²) < 4.78 is 18.4. The van der Waals surface area contributed by atoms with Crippen molar-refractivity contribution in [2.45, 2.75) is 24.7 Å². The number of thioether (sulfide) groups is 1. The van der Waals surface area contributed by atoms with Crippen LogP contribution in [0.4, 0.5) is 10.1 Å². The predicted octanol–water partition coefficient (Wildman–Crippen LogP) is 3.61. The minimum absolute atomic E-state index is 0.0635. The first-order valence-corrected chi connectivity index (χ1v) is 10.4. The van der Waals surface area contributed by atoms with Crippen LogP contribution in [0.5, 0.6) is 0 Å². The molecule has 1 fully saturated rings. The van der Waals surface area contributed by atoms with E-state index in [2.05, 4.69) is 10.6 Å². The molecule has 1 saturated heterocycles. The molecule has 1 unspecified atom stereocenters. The van der Waals surface area contributed by atoms with E-state index < -0.39 is 0 Å². The molecule has 2 aromatic carbocycles. The summed E-state index contributed by atoms with van der Waals surface area (Å²) in [5.41, 5.74) is 1.87. The van der Waals surface area contributed by atoms with Crippen molar-refractivity contribution in [1.29, 1.82) is 0 Å². The Labute approximate surface area is 168 Å². The molecular formula is C21H23FN2O3S. The molecule has 28 heavy (non-hydrogen) atoms. The average Bonchev–Trinajstić information content (AvgIpc) is 3.22. The molecule has 0 spiro atoms. The third kappa shape index (κ3) is 6.07. The molecule has 0 saturated carbocycles. The lowest BCUT2D eigenvalue weighted by atomic mass is 10.1. The summed E-state index contributed by atoms with van der Waals surface area (Å²) in [5.74, 6) is 0.151. The number of nitrogens with one attached hydrogen (secondary N) is 2. The summed E-state index contributed by atoms with van der Waals surface area (Å²) in [5, 5.41) is 5.68. The van der Waals surface area contributed by atoms with Gasteiger partial charge in [-0.25, -0.2) is 4.39 Å². The maximum Gasteiger partial charge on any atom is 0.253 e. The van der Waals surface area contributed by atoms with Gasteiger partial charge in [0, 0.05) is 18.9 Å². The van der Waals surface area contributed by atoms with Crippen LogP contribution >= 0.6 is 11.8 Å². The molecule has 0 aliphatic carbocycles. The Morgan fingerprint density at radius 2 is 1.93 bits per heavy atom. The minimum Gasteiger partial charge on any atom is -0.376 e. The van der Waals surface area contributed by atoms with Crippen LogP contribution in [0.2, 0.25) is 0 Å². The van der Waals surface area contributed by atoms with Crippen molar-refractivity contribution < 1.29 is 18.7 Å². The number of halogens is 1. The molecular weight excluding hydrogens is 379 g/mol. The number of anilines is 1. The summed E-state index contributed by atoms with van der Waals surface area (Å²) in [7, 11) is 0. The van der Waals surface area contributed by atoms with Crippen LogP contribution in [0.25, 0.3) is 0 Å². The van der Waals surface area contributed by atoms with Crippen LogP contribution in [0, 0.1) is 5.82 Å². The highest BCUT2D eigenvalue weighted by Gasteiger charge is 2.18. The van der Waals surface area contributed by atoms with Crippen LogP contribution < -0.4 is 10.6 Å². The van der Waals surface area contributed by atoms with Gasteiger partial charge in [-0.2, -0.15) is 0 Å². The fourth-order valence-corrected chi connectivity index (χ4v) is 3.71. The lowest BCUT2D eigenvalue weighted by Gasteiger charge is -2.13. The first-order valence-electron chi connectivity index (χ1n) is 9.22. The Bertz CT molecular complexity index is 808. The molecule has 1 aliphatic rings. The van der Waals surface area contributed by atoms with Gasteiger partial charge in [0.15, 0.2) is 0 Å². The Morgan fingerprint density at radius 1 is 1.14 bits per heavy atom. The number of hydrogen-bond donors (Lipinski definition) is 2. The highest BCUT2D eigenvalue weighted by atomic mass is 32.2. The van der Waals surface area contributed by atoms with Gasteiger partial charge in [0.2, 0.25) is 5.91 Å². The first-order chi connectivity index (χ1) is 13.6. The zero-order valence-electron chi connectivity index (χ0n) is 15.4. The van der Waals surface area contributed by atoms with Crippen molar-refractivity contribution in [3.8, 4) is 0 Å².